The summed E-state index contributed by atoms with van der Waals surface area (Å²) < 4.78 is 10.2. The summed E-state index contributed by atoms with van der Waals surface area (Å²) >= 11 is 0. The molecule has 1 aromatic carbocycles. The molecule has 1 heterocycles. The van der Waals surface area contributed by atoms with E-state index in [0.29, 0.717) is 18.3 Å². The summed E-state index contributed by atoms with van der Waals surface area (Å²) in [6, 6.07) is 7.51. The van der Waals surface area contributed by atoms with Crippen LogP contribution in [0, 0.1) is 0 Å². The van der Waals surface area contributed by atoms with Gasteiger partial charge in [-0.1, -0.05) is 17.3 Å². The Morgan fingerprint density at radius 3 is 3.05 bits per heavy atom. The number of aromatic nitrogens is 2. The molecular formula is C13H17N3O3. The average molecular weight is 263 g/mol. The third kappa shape index (κ3) is 3.52. The van der Waals surface area contributed by atoms with Gasteiger partial charge in [0.25, 0.3) is 0 Å². The third-order valence-corrected chi connectivity index (χ3v) is 2.75. The van der Waals surface area contributed by atoms with E-state index in [4.69, 9.17) is 14.4 Å². The highest BCUT2D eigenvalue weighted by Crippen LogP contribution is 2.14. The second-order valence-electron chi connectivity index (χ2n) is 4.14. The van der Waals surface area contributed by atoms with Gasteiger partial charge in [-0.2, -0.15) is 4.98 Å². The van der Waals surface area contributed by atoms with Crippen molar-refractivity contribution in [3.8, 4) is 0 Å². The average Bonchev–Trinajstić information content (AvgIpc) is 2.93. The quantitative estimate of drug-likeness (QED) is 0.828. The normalized spacial score (nSPS) is 12.4. The SMILES string of the molecule is CO[C@H](C)c1noc(CNc2cccc(CO)c2)n1. The zero-order valence-corrected chi connectivity index (χ0v) is 11.0. The lowest BCUT2D eigenvalue weighted by Gasteiger charge is -2.04. The lowest BCUT2D eigenvalue weighted by Crippen LogP contribution is -2.02. The molecule has 0 saturated carbocycles. The molecule has 0 bridgehead atoms. The fourth-order valence-corrected chi connectivity index (χ4v) is 1.57. The molecule has 2 rings (SSSR count). The van der Waals surface area contributed by atoms with E-state index in [1.165, 1.54) is 0 Å². The molecule has 6 nitrogen and oxygen atoms in total. The number of anilines is 1. The number of aliphatic hydroxyl groups is 1. The van der Waals surface area contributed by atoms with E-state index in [-0.39, 0.29) is 12.7 Å². The maximum atomic E-state index is 9.06. The molecule has 0 aliphatic rings. The predicted molar refractivity (Wildman–Crippen MR) is 69.4 cm³/mol. The topological polar surface area (TPSA) is 80.4 Å². The highest BCUT2D eigenvalue weighted by Gasteiger charge is 2.12. The number of aliphatic hydroxyl groups excluding tert-OH is 1. The first kappa shape index (κ1) is 13.5. The zero-order chi connectivity index (χ0) is 13.7. The standard InChI is InChI=1S/C13H17N3O3/c1-9(18-2)13-15-12(19-16-13)7-14-11-5-3-4-10(6-11)8-17/h3-6,9,14,17H,7-8H2,1-2H3/t9-/m1/s1. The van der Waals surface area contributed by atoms with Crippen LogP contribution in [0.5, 0.6) is 0 Å². The van der Waals surface area contributed by atoms with Crippen LogP contribution in [0.3, 0.4) is 0 Å². The van der Waals surface area contributed by atoms with Crippen molar-refractivity contribution in [2.75, 3.05) is 12.4 Å². The summed E-state index contributed by atoms with van der Waals surface area (Å²) in [5.74, 6) is 1.02. The molecule has 0 fully saturated rings. The minimum atomic E-state index is -0.185. The summed E-state index contributed by atoms with van der Waals surface area (Å²) in [5, 5.41) is 16.1. The Kier molecular flexibility index (Phi) is 4.48. The van der Waals surface area contributed by atoms with Crippen molar-refractivity contribution < 1.29 is 14.4 Å². The Balaban J connectivity index is 1.96. The molecule has 1 aromatic heterocycles. The Hall–Kier alpha value is -1.92. The van der Waals surface area contributed by atoms with Crippen molar-refractivity contribution in [2.45, 2.75) is 26.2 Å². The summed E-state index contributed by atoms with van der Waals surface area (Å²) in [5.41, 5.74) is 1.75. The lowest BCUT2D eigenvalue weighted by molar-refractivity contribution is 0.109. The van der Waals surface area contributed by atoms with Crippen LogP contribution in [0.25, 0.3) is 0 Å². The van der Waals surface area contributed by atoms with Gasteiger partial charge in [-0.25, -0.2) is 0 Å². The van der Waals surface area contributed by atoms with Gasteiger partial charge in [0.2, 0.25) is 5.89 Å². The van der Waals surface area contributed by atoms with E-state index in [1.54, 1.807) is 7.11 Å². The largest absolute Gasteiger partial charge is 0.392 e. The molecule has 2 N–H and O–H groups in total. The van der Waals surface area contributed by atoms with Crippen LogP contribution in [0.15, 0.2) is 28.8 Å². The fraction of sp³-hybridized carbons (Fsp3) is 0.385. The van der Waals surface area contributed by atoms with Crippen molar-refractivity contribution in [1.29, 1.82) is 0 Å². The minimum Gasteiger partial charge on any atom is -0.392 e. The van der Waals surface area contributed by atoms with Crippen molar-refractivity contribution >= 4 is 5.69 Å². The number of hydrogen-bond acceptors (Lipinski definition) is 6. The summed E-state index contributed by atoms with van der Waals surface area (Å²) in [6.07, 6.45) is -0.185. The van der Waals surface area contributed by atoms with Crippen LogP contribution in [0.1, 0.15) is 30.3 Å². The smallest absolute Gasteiger partial charge is 0.246 e. The number of ether oxygens (including phenoxy) is 1. The molecule has 2 aromatic rings. The second-order valence-corrected chi connectivity index (χ2v) is 4.14. The molecule has 102 valence electrons. The van der Waals surface area contributed by atoms with Gasteiger partial charge in [-0.3, -0.25) is 0 Å². The van der Waals surface area contributed by atoms with Crippen LogP contribution < -0.4 is 5.32 Å². The molecule has 0 unspecified atom stereocenters. The first-order valence-electron chi connectivity index (χ1n) is 6.02. The first-order chi connectivity index (χ1) is 9.22. The van der Waals surface area contributed by atoms with Crippen molar-refractivity contribution in [2.24, 2.45) is 0 Å². The van der Waals surface area contributed by atoms with Crippen LogP contribution in [0.2, 0.25) is 0 Å². The van der Waals surface area contributed by atoms with Crippen molar-refractivity contribution in [3.63, 3.8) is 0 Å². The minimum absolute atomic E-state index is 0.0194. The van der Waals surface area contributed by atoms with Crippen LogP contribution in [0.4, 0.5) is 5.69 Å². The summed E-state index contributed by atoms with van der Waals surface area (Å²) in [4.78, 5) is 4.22. The first-order valence-corrected chi connectivity index (χ1v) is 6.02. The Bertz CT molecular complexity index is 527. The molecule has 0 saturated heterocycles. The maximum Gasteiger partial charge on any atom is 0.246 e. The monoisotopic (exact) mass is 263 g/mol. The molecule has 0 spiro atoms. The van der Waals surface area contributed by atoms with Gasteiger partial charge in [0.1, 0.15) is 6.10 Å². The Morgan fingerprint density at radius 2 is 2.32 bits per heavy atom. The van der Waals surface area contributed by atoms with E-state index < -0.39 is 0 Å². The number of nitrogens with zero attached hydrogens (tertiary/aromatic N) is 2. The zero-order valence-electron chi connectivity index (χ0n) is 11.0. The van der Waals surface area contributed by atoms with Crippen LogP contribution in [-0.4, -0.2) is 22.4 Å². The summed E-state index contributed by atoms with van der Waals surface area (Å²) in [7, 11) is 1.60. The van der Waals surface area contributed by atoms with Gasteiger partial charge >= 0.3 is 0 Å². The van der Waals surface area contributed by atoms with E-state index in [1.807, 2.05) is 31.2 Å². The number of rotatable bonds is 6. The van der Waals surface area contributed by atoms with Gasteiger partial charge in [0.15, 0.2) is 5.82 Å². The molecule has 0 aliphatic carbocycles. The van der Waals surface area contributed by atoms with E-state index >= 15 is 0 Å². The third-order valence-electron chi connectivity index (χ3n) is 2.75. The Morgan fingerprint density at radius 1 is 1.47 bits per heavy atom. The molecule has 0 amide bonds. The number of benzene rings is 1. The van der Waals surface area contributed by atoms with Crippen LogP contribution >= 0.6 is 0 Å². The van der Waals surface area contributed by atoms with Gasteiger partial charge in [0.05, 0.1) is 13.2 Å². The van der Waals surface area contributed by atoms with E-state index in [2.05, 4.69) is 15.5 Å². The molecule has 0 aliphatic heterocycles. The lowest BCUT2D eigenvalue weighted by atomic mass is 10.2. The second kappa shape index (κ2) is 6.31. The van der Waals surface area contributed by atoms with Gasteiger partial charge in [-0.05, 0) is 24.6 Å². The van der Waals surface area contributed by atoms with Crippen molar-refractivity contribution in [3.05, 3.63) is 41.5 Å². The fourth-order valence-electron chi connectivity index (χ4n) is 1.57. The number of methoxy groups -OCH3 is 1. The molecule has 1 atom stereocenters. The highest BCUT2D eigenvalue weighted by atomic mass is 16.5. The van der Waals surface area contributed by atoms with E-state index in [0.717, 1.165) is 11.3 Å². The maximum absolute atomic E-state index is 9.06. The molecule has 6 heteroatoms. The van der Waals surface area contributed by atoms with E-state index in [9.17, 15) is 0 Å². The van der Waals surface area contributed by atoms with Gasteiger partial charge in [-0.15, -0.1) is 0 Å². The summed E-state index contributed by atoms with van der Waals surface area (Å²) in [6.45, 7) is 2.30. The van der Waals surface area contributed by atoms with Crippen LogP contribution in [-0.2, 0) is 17.9 Å². The van der Waals surface area contributed by atoms with Gasteiger partial charge in [0, 0.05) is 12.8 Å². The van der Waals surface area contributed by atoms with Gasteiger partial charge < -0.3 is 19.7 Å². The highest BCUT2D eigenvalue weighted by molar-refractivity contribution is 5.45. The number of nitrogens with one attached hydrogen (secondary N) is 1. The Labute approximate surface area is 111 Å². The molecular weight excluding hydrogens is 246 g/mol. The van der Waals surface area contributed by atoms with Crippen molar-refractivity contribution in [1.82, 2.24) is 10.1 Å². The predicted octanol–water partition coefficient (Wildman–Crippen LogP) is 1.88. The number of hydrogen-bond donors (Lipinski definition) is 2. The molecule has 19 heavy (non-hydrogen) atoms. The molecule has 0 radical (unpaired) electrons.